The summed E-state index contributed by atoms with van der Waals surface area (Å²) in [5, 5.41) is 7.64. The Bertz CT molecular complexity index is 818. The first-order chi connectivity index (χ1) is 11.7. The monoisotopic (exact) mass is 343 g/mol. The smallest absolute Gasteiger partial charge is 0.410 e. The second-order valence-corrected chi connectivity index (χ2v) is 7.48. The number of aromatic amines is 1. The minimum Gasteiger partial charge on any atom is -0.444 e. The van der Waals surface area contributed by atoms with Crippen molar-refractivity contribution in [1.82, 2.24) is 20.1 Å². The highest BCUT2D eigenvalue weighted by molar-refractivity contribution is 5.88. The molecule has 3 rings (SSSR count). The van der Waals surface area contributed by atoms with Crippen molar-refractivity contribution in [3.05, 3.63) is 23.9 Å². The fraction of sp³-hybridized carbons (Fsp3) is 0.500. The van der Waals surface area contributed by atoms with Gasteiger partial charge in [-0.3, -0.25) is 5.10 Å². The molecule has 1 amide bonds. The maximum absolute atomic E-state index is 12.2. The molecule has 25 heavy (non-hydrogen) atoms. The average Bonchev–Trinajstić information content (AvgIpc) is 2.93. The van der Waals surface area contributed by atoms with Crippen LogP contribution in [0.2, 0.25) is 0 Å². The SMILES string of the molecule is CN(C(=O)OC(C)(C)C)C1CC=C(c2cnc3n[nH]c(N)c3c2)CC1. The van der Waals surface area contributed by atoms with Gasteiger partial charge in [0.1, 0.15) is 11.4 Å². The van der Waals surface area contributed by atoms with Crippen molar-refractivity contribution in [2.75, 3.05) is 12.8 Å². The summed E-state index contributed by atoms with van der Waals surface area (Å²) in [5.41, 5.74) is 8.31. The van der Waals surface area contributed by atoms with Gasteiger partial charge in [-0.25, -0.2) is 9.78 Å². The second-order valence-electron chi connectivity index (χ2n) is 7.48. The van der Waals surface area contributed by atoms with Crippen LogP contribution in [-0.4, -0.2) is 44.9 Å². The Morgan fingerprint density at radius 2 is 2.20 bits per heavy atom. The van der Waals surface area contributed by atoms with E-state index < -0.39 is 5.60 Å². The van der Waals surface area contributed by atoms with Crippen LogP contribution in [0.15, 0.2) is 18.3 Å². The zero-order chi connectivity index (χ0) is 18.2. The summed E-state index contributed by atoms with van der Waals surface area (Å²) in [6, 6.07) is 2.17. The number of nitrogen functional groups attached to an aromatic ring is 1. The first kappa shape index (κ1) is 17.3. The Kier molecular flexibility index (Phi) is 4.41. The zero-order valence-corrected chi connectivity index (χ0v) is 15.2. The topological polar surface area (TPSA) is 97.1 Å². The van der Waals surface area contributed by atoms with Gasteiger partial charge in [0.05, 0.1) is 5.39 Å². The molecule has 2 aromatic heterocycles. The second kappa shape index (κ2) is 6.38. The molecule has 2 heterocycles. The fourth-order valence-electron chi connectivity index (χ4n) is 3.01. The summed E-state index contributed by atoms with van der Waals surface area (Å²) in [6.45, 7) is 5.63. The molecule has 1 atom stereocenters. The fourth-order valence-corrected chi connectivity index (χ4v) is 3.01. The van der Waals surface area contributed by atoms with Gasteiger partial charge in [0.25, 0.3) is 0 Å². The molecule has 0 aliphatic heterocycles. The van der Waals surface area contributed by atoms with Crippen LogP contribution in [0.1, 0.15) is 45.6 Å². The lowest BCUT2D eigenvalue weighted by molar-refractivity contribution is 0.0215. The molecule has 0 fully saturated rings. The Morgan fingerprint density at radius 3 is 2.84 bits per heavy atom. The number of fused-ring (bicyclic) bond motifs is 1. The van der Waals surface area contributed by atoms with Crippen LogP contribution in [0.5, 0.6) is 0 Å². The minimum atomic E-state index is -0.480. The van der Waals surface area contributed by atoms with E-state index in [-0.39, 0.29) is 12.1 Å². The summed E-state index contributed by atoms with van der Waals surface area (Å²) in [4.78, 5) is 18.3. The molecule has 1 unspecified atom stereocenters. The van der Waals surface area contributed by atoms with Crippen molar-refractivity contribution in [3.63, 3.8) is 0 Å². The summed E-state index contributed by atoms with van der Waals surface area (Å²) in [7, 11) is 1.80. The van der Waals surface area contributed by atoms with E-state index in [9.17, 15) is 4.79 Å². The van der Waals surface area contributed by atoms with Crippen LogP contribution in [0, 0.1) is 0 Å². The first-order valence-electron chi connectivity index (χ1n) is 8.49. The van der Waals surface area contributed by atoms with Gasteiger partial charge in [0.2, 0.25) is 0 Å². The van der Waals surface area contributed by atoms with Crippen LogP contribution in [0.4, 0.5) is 10.6 Å². The molecule has 0 spiro atoms. The highest BCUT2D eigenvalue weighted by Crippen LogP contribution is 2.31. The Labute approximate surface area is 147 Å². The van der Waals surface area contributed by atoms with Gasteiger partial charge in [-0.15, -0.1) is 0 Å². The van der Waals surface area contributed by atoms with Crippen molar-refractivity contribution < 1.29 is 9.53 Å². The van der Waals surface area contributed by atoms with Crippen molar-refractivity contribution in [2.24, 2.45) is 0 Å². The number of allylic oxidation sites excluding steroid dienone is 1. The molecular weight excluding hydrogens is 318 g/mol. The average molecular weight is 343 g/mol. The number of hydrogen-bond donors (Lipinski definition) is 2. The molecular formula is C18H25N5O2. The van der Waals surface area contributed by atoms with E-state index in [0.29, 0.717) is 11.5 Å². The normalized spacial score (nSPS) is 18.1. The third-order valence-corrected chi connectivity index (χ3v) is 4.42. The lowest BCUT2D eigenvalue weighted by Crippen LogP contribution is -2.41. The number of nitrogens with zero attached hydrogens (tertiary/aromatic N) is 3. The van der Waals surface area contributed by atoms with E-state index in [1.54, 1.807) is 11.9 Å². The highest BCUT2D eigenvalue weighted by Gasteiger charge is 2.27. The Hall–Kier alpha value is -2.57. The minimum absolute atomic E-state index is 0.147. The number of rotatable bonds is 2. The third kappa shape index (κ3) is 3.75. The van der Waals surface area contributed by atoms with Crippen LogP contribution >= 0.6 is 0 Å². The molecule has 2 aromatic rings. The van der Waals surface area contributed by atoms with E-state index in [2.05, 4.69) is 21.3 Å². The van der Waals surface area contributed by atoms with Gasteiger partial charge in [-0.05, 0) is 57.2 Å². The van der Waals surface area contributed by atoms with Gasteiger partial charge >= 0.3 is 6.09 Å². The third-order valence-electron chi connectivity index (χ3n) is 4.42. The number of H-pyrrole nitrogens is 1. The molecule has 1 aliphatic carbocycles. The van der Waals surface area contributed by atoms with Crippen LogP contribution in [0.3, 0.4) is 0 Å². The molecule has 0 saturated heterocycles. The number of nitrogens with one attached hydrogen (secondary N) is 1. The molecule has 1 aliphatic rings. The van der Waals surface area contributed by atoms with Crippen molar-refractivity contribution in [2.45, 2.75) is 51.7 Å². The van der Waals surface area contributed by atoms with Crippen LogP contribution < -0.4 is 5.73 Å². The maximum atomic E-state index is 12.2. The number of amides is 1. The van der Waals surface area contributed by atoms with Crippen LogP contribution in [-0.2, 0) is 4.74 Å². The number of ether oxygens (including phenoxy) is 1. The molecule has 7 heteroatoms. The number of aromatic nitrogens is 3. The van der Waals surface area contributed by atoms with Crippen molar-refractivity contribution in [1.29, 1.82) is 0 Å². The molecule has 7 nitrogen and oxygen atoms in total. The summed E-state index contributed by atoms with van der Waals surface area (Å²) >= 11 is 0. The number of nitrogens with two attached hydrogens (primary N) is 1. The van der Waals surface area contributed by atoms with Crippen molar-refractivity contribution in [3.8, 4) is 0 Å². The molecule has 0 bridgehead atoms. The number of carbonyl (C=O) groups excluding carboxylic acids is 1. The van der Waals surface area contributed by atoms with Gasteiger partial charge in [0.15, 0.2) is 5.65 Å². The molecule has 134 valence electrons. The molecule has 3 N–H and O–H groups in total. The largest absolute Gasteiger partial charge is 0.444 e. The molecule has 0 radical (unpaired) electrons. The lowest BCUT2D eigenvalue weighted by atomic mass is 9.90. The molecule has 0 saturated carbocycles. The number of anilines is 1. The van der Waals surface area contributed by atoms with E-state index >= 15 is 0 Å². The van der Waals surface area contributed by atoms with Gasteiger partial charge < -0.3 is 15.4 Å². The van der Waals surface area contributed by atoms with Gasteiger partial charge in [-0.2, -0.15) is 5.10 Å². The van der Waals surface area contributed by atoms with E-state index in [4.69, 9.17) is 10.5 Å². The highest BCUT2D eigenvalue weighted by atomic mass is 16.6. The van der Waals surface area contributed by atoms with E-state index in [1.807, 2.05) is 33.0 Å². The predicted molar refractivity (Wildman–Crippen MR) is 97.9 cm³/mol. The van der Waals surface area contributed by atoms with Crippen molar-refractivity contribution >= 4 is 28.5 Å². The summed E-state index contributed by atoms with van der Waals surface area (Å²) in [6.07, 6.45) is 6.29. The number of carbonyl (C=O) groups is 1. The van der Waals surface area contributed by atoms with Gasteiger partial charge in [-0.1, -0.05) is 6.08 Å². The van der Waals surface area contributed by atoms with E-state index in [1.165, 1.54) is 5.57 Å². The summed E-state index contributed by atoms with van der Waals surface area (Å²) < 4.78 is 5.45. The lowest BCUT2D eigenvalue weighted by Gasteiger charge is -2.32. The van der Waals surface area contributed by atoms with Crippen LogP contribution in [0.25, 0.3) is 16.6 Å². The summed E-state index contributed by atoms with van der Waals surface area (Å²) in [5.74, 6) is 0.531. The predicted octanol–water partition coefficient (Wildman–Crippen LogP) is 3.34. The zero-order valence-electron chi connectivity index (χ0n) is 15.2. The Morgan fingerprint density at radius 1 is 1.44 bits per heavy atom. The molecule has 0 aromatic carbocycles. The maximum Gasteiger partial charge on any atom is 0.410 e. The first-order valence-corrected chi connectivity index (χ1v) is 8.49. The standard InChI is InChI=1S/C18H25N5O2/c1-18(2,3)25-17(24)23(4)13-7-5-11(6-8-13)12-9-14-15(19)21-22-16(14)20-10-12/h5,9-10,13H,6-8H2,1-4H3,(H3,19,20,21,22). The Balaban J connectivity index is 1.71. The quantitative estimate of drug-likeness (QED) is 0.871. The number of hydrogen-bond acceptors (Lipinski definition) is 5. The van der Waals surface area contributed by atoms with Gasteiger partial charge in [0, 0.05) is 19.3 Å². The number of pyridine rings is 1. The van der Waals surface area contributed by atoms with E-state index in [0.717, 1.165) is 30.2 Å².